The second-order valence-corrected chi connectivity index (χ2v) is 5.86. The molecule has 21 heavy (non-hydrogen) atoms. The van der Waals surface area contributed by atoms with E-state index in [2.05, 4.69) is 35.7 Å². The summed E-state index contributed by atoms with van der Waals surface area (Å²) in [4.78, 5) is 0. The Morgan fingerprint density at radius 2 is 2.00 bits per heavy atom. The molecule has 1 N–H and O–H groups in total. The molecule has 3 heteroatoms. The number of rotatable bonds is 2. The average Bonchev–Trinajstić information content (AvgIpc) is 2.72. The summed E-state index contributed by atoms with van der Waals surface area (Å²) in [5.41, 5.74) is 4.25. The summed E-state index contributed by atoms with van der Waals surface area (Å²) in [5, 5.41) is 13.2. The molecule has 0 radical (unpaired) electrons. The van der Waals surface area contributed by atoms with E-state index in [0.29, 0.717) is 10.6 Å². The number of anilines is 1. The van der Waals surface area contributed by atoms with Crippen LogP contribution in [0, 0.1) is 11.3 Å². The second kappa shape index (κ2) is 6.20. The minimum absolute atomic E-state index is 0.259. The molecular formula is C18H17ClN2. The van der Waals surface area contributed by atoms with Gasteiger partial charge in [-0.3, -0.25) is 0 Å². The van der Waals surface area contributed by atoms with Crippen molar-refractivity contribution in [2.24, 2.45) is 0 Å². The van der Waals surface area contributed by atoms with Gasteiger partial charge >= 0.3 is 0 Å². The van der Waals surface area contributed by atoms with Gasteiger partial charge in [-0.2, -0.15) is 5.26 Å². The number of nitriles is 1. The Hall–Kier alpha value is -1.98. The van der Waals surface area contributed by atoms with Gasteiger partial charge in [0.15, 0.2) is 0 Å². The Bertz CT molecular complexity index is 688. The van der Waals surface area contributed by atoms with Gasteiger partial charge in [0.2, 0.25) is 0 Å². The van der Waals surface area contributed by atoms with Gasteiger partial charge in [-0.15, -0.1) is 0 Å². The maximum Gasteiger partial charge on any atom is 0.0992 e. The zero-order chi connectivity index (χ0) is 14.7. The predicted octanol–water partition coefficient (Wildman–Crippen LogP) is 5.09. The van der Waals surface area contributed by atoms with Crippen LogP contribution in [0.15, 0.2) is 42.5 Å². The van der Waals surface area contributed by atoms with Crippen molar-refractivity contribution in [3.8, 4) is 6.07 Å². The number of hydrogen-bond acceptors (Lipinski definition) is 2. The topological polar surface area (TPSA) is 35.8 Å². The summed E-state index contributed by atoms with van der Waals surface area (Å²) in [5.74, 6) is 0. The van der Waals surface area contributed by atoms with Crippen molar-refractivity contribution in [1.82, 2.24) is 0 Å². The van der Waals surface area contributed by atoms with E-state index < -0.39 is 0 Å². The number of nitrogens with zero attached hydrogens (tertiary/aromatic N) is 1. The maximum absolute atomic E-state index is 9.04. The van der Waals surface area contributed by atoms with Gasteiger partial charge in [-0.25, -0.2) is 0 Å². The minimum atomic E-state index is 0.259. The summed E-state index contributed by atoms with van der Waals surface area (Å²) in [6, 6.07) is 16.4. The first-order chi connectivity index (χ1) is 10.3. The van der Waals surface area contributed by atoms with Crippen LogP contribution in [0.2, 0.25) is 5.02 Å². The monoisotopic (exact) mass is 296 g/mol. The molecule has 0 heterocycles. The predicted molar refractivity (Wildman–Crippen MR) is 86.5 cm³/mol. The minimum Gasteiger partial charge on any atom is -0.377 e. The lowest BCUT2D eigenvalue weighted by atomic mass is 9.99. The Kier molecular flexibility index (Phi) is 4.13. The molecule has 0 saturated heterocycles. The fourth-order valence-corrected chi connectivity index (χ4v) is 3.14. The van der Waals surface area contributed by atoms with Gasteiger partial charge in [0, 0.05) is 0 Å². The van der Waals surface area contributed by atoms with E-state index in [4.69, 9.17) is 16.9 Å². The SMILES string of the molecule is N#Cc1ccc(Cl)c(NC2CCCCc3ccccc32)c1. The van der Waals surface area contributed by atoms with Crippen molar-refractivity contribution in [3.63, 3.8) is 0 Å². The van der Waals surface area contributed by atoms with Crippen molar-refractivity contribution in [2.45, 2.75) is 31.7 Å². The molecule has 1 atom stereocenters. The van der Waals surface area contributed by atoms with E-state index >= 15 is 0 Å². The number of aryl methyl sites for hydroxylation is 1. The van der Waals surface area contributed by atoms with Crippen molar-refractivity contribution >= 4 is 17.3 Å². The number of fused-ring (bicyclic) bond motifs is 1. The van der Waals surface area contributed by atoms with E-state index in [-0.39, 0.29) is 6.04 Å². The summed E-state index contributed by atoms with van der Waals surface area (Å²) < 4.78 is 0. The van der Waals surface area contributed by atoms with Crippen molar-refractivity contribution in [1.29, 1.82) is 5.26 Å². The van der Waals surface area contributed by atoms with Crippen LogP contribution >= 0.6 is 11.6 Å². The van der Waals surface area contributed by atoms with E-state index in [1.165, 1.54) is 24.0 Å². The first-order valence-corrected chi connectivity index (χ1v) is 7.70. The van der Waals surface area contributed by atoms with E-state index in [1.54, 1.807) is 12.1 Å². The molecule has 1 aliphatic rings. The Labute approximate surface area is 130 Å². The van der Waals surface area contributed by atoms with Gasteiger partial charge < -0.3 is 5.32 Å². The van der Waals surface area contributed by atoms with Crippen LogP contribution in [0.4, 0.5) is 5.69 Å². The summed E-state index contributed by atoms with van der Waals surface area (Å²) in [6.45, 7) is 0. The van der Waals surface area contributed by atoms with Crippen molar-refractivity contribution in [3.05, 3.63) is 64.2 Å². The largest absolute Gasteiger partial charge is 0.377 e. The molecule has 3 rings (SSSR count). The maximum atomic E-state index is 9.04. The molecule has 0 aliphatic heterocycles. The van der Waals surface area contributed by atoms with Crippen molar-refractivity contribution < 1.29 is 0 Å². The molecule has 0 spiro atoms. The lowest BCUT2D eigenvalue weighted by molar-refractivity contribution is 0.644. The summed E-state index contributed by atoms with van der Waals surface area (Å²) in [6.07, 6.45) is 4.65. The highest BCUT2D eigenvalue weighted by Crippen LogP contribution is 2.33. The standard InChI is InChI=1S/C18H17ClN2/c19-16-10-9-13(12-20)11-18(16)21-17-8-4-2-6-14-5-1-3-7-15(14)17/h1,3,5,7,9-11,17,21H,2,4,6,8H2. The lowest BCUT2D eigenvalue weighted by Gasteiger charge is -2.21. The highest BCUT2D eigenvalue weighted by Gasteiger charge is 2.19. The van der Waals surface area contributed by atoms with Crippen LogP contribution in [-0.4, -0.2) is 0 Å². The highest BCUT2D eigenvalue weighted by molar-refractivity contribution is 6.33. The highest BCUT2D eigenvalue weighted by atomic mass is 35.5. The van der Waals surface area contributed by atoms with Crippen LogP contribution in [-0.2, 0) is 6.42 Å². The van der Waals surface area contributed by atoms with E-state index in [1.807, 2.05) is 6.07 Å². The molecule has 0 fully saturated rings. The average molecular weight is 297 g/mol. The second-order valence-electron chi connectivity index (χ2n) is 5.45. The zero-order valence-electron chi connectivity index (χ0n) is 11.8. The lowest BCUT2D eigenvalue weighted by Crippen LogP contribution is -2.11. The molecule has 0 aromatic heterocycles. The van der Waals surface area contributed by atoms with Gasteiger partial charge in [0.1, 0.15) is 0 Å². The first kappa shape index (κ1) is 14.0. The van der Waals surface area contributed by atoms with Crippen LogP contribution in [0.1, 0.15) is 42.0 Å². The molecule has 2 aromatic carbocycles. The fraction of sp³-hybridized carbons (Fsp3) is 0.278. The quantitative estimate of drug-likeness (QED) is 0.783. The molecular weight excluding hydrogens is 280 g/mol. The third-order valence-electron chi connectivity index (χ3n) is 4.04. The third-order valence-corrected chi connectivity index (χ3v) is 4.37. The summed E-state index contributed by atoms with van der Waals surface area (Å²) in [7, 11) is 0. The van der Waals surface area contributed by atoms with E-state index in [9.17, 15) is 0 Å². The van der Waals surface area contributed by atoms with Crippen LogP contribution < -0.4 is 5.32 Å². The molecule has 2 aromatic rings. The number of nitrogens with one attached hydrogen (secondary N) is 1. The number of benzene rings is 2. The molecule has 1 aliphatic carbocycles. The Balaban J connectivity index is 1.93. The van der Waals surface area contributed by atoms with Gasteiger partial charge in [0.25, 0.3) is 0 Å². The molecule has 2 nitrogen and oxygen atoms in total. The number of hydrogen-bond donors (Lipinski definition) is 1. The normalized spacial score (nSPS) is 17.4. The molecule has 106 valence electrons. The Morgan fingerprint density at radius 1 is 1.14 bits per heavy atom. The molecule has 1 unspecified atom stereocenters. The summed E-state index contributed by atoms with van der Waals surface area (Å²) >= 11 is 6.27. The molecule has 0 amide bonds. The van der Waals surface area contributed by atoms with Crippen LogP contribution in [0.5, 0.6) is 0 Å². The fourth-order valence-electron chi connectivity index (χ4n) is 2.96. The van der Waals surface area contributed by atoms with Gasteiger partial charge in [-0.1, -0.05) is 42.3 Å². The van der Waals surface area contributed by atoms with E-state index in [0.717, 1.165) is 18.5 Å². The zero-order valence-corrected chi connectivity index (χ0v) is 12.5. The number of halogens is 1. The third kappa shape index (κ3) is 3.04. The van der Waals surface area contributed by atoms with Crippen LogP contribution in [0.25, 0.3) is 0 Å². The van der Waals surface area contributed by atoms with Gasteiger partial charge in [-0.05, 0) is 48.6 Å². The van der Waals surface area contributed by atoms with Gasteiger partial charge in [0.05, 0.1) is 28.4 Å². The molecule has 0 bridgehead atoms. The van der Waals surface area contributed by atoms with Crippen LogP contribution in [0.3, 0.4) is 0 Å². The molecule has 0 saturated carbocycles. The smallest absolute Gasteiger partial charge is 0.0992 e. The Morgan fingerprint density at radius 3 is 2.86 bits per heavy atom. The van der Waals surface area contributed by atoms with Crippen molar-refractivity contribution in [2.75, 3.05) is 5.32 Å². The first-order valence-electron chi connectivity index (χ1n) is 7.32.